The molecule has 1 aromatic rings. The second-order valence-corrected chi connectivity index (χ2v) is 5.13. The molecule has 114 valence electrons. The Morgan fingerprint density at radius 1 is 1.38 bits per heavy atom. The summed E-state index contributed by atoms with van der Waals surface area (Å²) in [6.45, 7) is 2.07. The molecule has 2 N–H and O–H groups in total. The third-order valence-corrected chi connectivity index (χ3v) is 3.69. The number of carboxylic acid groups (broad SMARTS) is 1. The standard InChI is InChI=1S/C15H20N2O4/c1-2-21-15(20)10-7-8-13(16-9-10)17-12-6-4-3-5-11(12)14(18)19/h7-9,11-12H,2-6H2,1H3,(H,16,17)(H,18,19). The van der Waals surface area contributed by atoms with E-state index in [1.165, 1.54) is 6.20 Å². The fourth-order valence-corrected chi connectivity index (χ4v) is 2.60. The molecule has 1 heterocycles. The van der Waals surface area contributed by atoms with Gasteiger partial charge in [-0.2, -0.15) is 0 Å². The van der Waals surface area contributed by atoms with Crippen molar-refractivity contribution >= 4 is 17.8 Å². The van der Waals surface area contributed by atoms with Crippen LogP contribution in [0.4, 0.5) is 5.82 Å². The van der Waals surface area contributed by atoms with Crippen LogP contribution in [0.15, 0.2) is 18.3 Å². The molecule has 0 amide bonds. The summed E-state index contributed by atoms with van der Waals surface area (Å²) in [5.74, 6) is -0.973. The number of rotatable bonds is 5. The van der Waals surface area contributed by atoms with Crippen LogP contribution in [0.25, 0.3) is 0 Å². The van der Waals surface area contributed by atoms with Crippen LogP contribution >= 0.6 is 0 Å². The van der Waals surface area contributed by atoms with Crippen LogP contribution < -0.4 is 5.32 Å². The Labute approximate surface area is 123 Å². The Morgan fingerprint density at radius 3 is 2.76 bits per heavy atom. The molecule has 1 aromatic heterocycles. The minimum atomic E-state index is -0.768. The van der Waals surface area contributed by atoms with Crippen molar-refractivity contribution in [1.82, 2.24) is 4.98 Å². The molecule has 6 nitrogen and oxygen atoms in total. The van der Waals surface area contributed by atoms with Crippen molar-refractivity contribution in [2.45, 2.75) is 38.6 Å². The predicted molar refractivity (Wildman–Crippen MR) is 77.2 cm³/mol. The quantitative estimate of drug-likeness (QED) is 0.810. The molecule has 1 saturated carbocycles. The summed E-state index contributed by atoms with van der Waals surface area (Å²) in [6.07, 6.45) is 4.91. The van der Waals surface area contributed by atoms with E-state index < -0.39 is 11.9 Å². The van der Waals surface area contributed by atoms with Gasteiger partial charge < -0.3 is 15.2 Å². The molecular formula is C15H20N2O4. The first-order valence-corrected chi connectivity index (χ1v) is 7.24. The molecule has 1 fully saturated rings. The second-order valence-electron chi connectivity index (χ2n) is 5.13. The van der Waals surface area contributed by atoms with E-state index in [9.17, 15) is 14.7 Å². The lowest BCUT2D eigenvalue weighted by atomic mass is 9.84. The van der Waals surface area contributed by atoms with Crippen molar-refractivity contribution in [3.8, 4) is 0 Å². The van der Waals surface area contributed by atoms with Gasteiger partial charge in [0.2, 0.25) is 0 Å². The van der Waals surface area contributed by atoms with Gasteiger partial charge in [-0.1, -0.05) is 12.8 Å². The predicted octanol–water partition coefficient (Wildman–Crippen LogP) is 2.31. The van der Waals surface area contributed by atoms with Gasteiger partial charge >= 0.3 is 11.9 Å². The number of aromatic nitrogens is 1. The average molecular weight is 292 g/mol. The maximum absolute atomic E-state index is 11.5. The highest BCUT2D eigenvalue weighted by atomic mass is 16.5. The molecule has 1 aliphatic rings. The first-order chi connectivity index (χ1) is 10.1. The summed E-state index contributed by atoms with van der Waals surface area (Å²) in [5, 5.41) is 12.4. The molecule has 2 atom stereocenters. The highest BCUT2D eigenvalue weighted by Gasteiger charge is 2.30. The Kier molecular flexibility index (Phi) is 5.14. The average Bonchev–Trinajstić information content (AvgIpc) is 2.48. The molecule has 0 saturated heterocycles. The molecule has 6 heteroatoms. The Morgan fingerprint density at radius 2 is 2.14 bits per heavy atom. The summed E-state index contributed by atoms with van der Waals surface area (Å²) in [6, 6.07) is 3.20. The molecule has 0 bridgehead atoms. The highest BCUT2D eigenvalue weighted by Crippen LogP contribution is 2.27. The molecule has 21 heavy (non-hydrogen) atoms. The maximum atomic E-state index is 11.5. The van der Waals surface area contributed by atoms with Gasteiger partial charge in [0.05, 0.1) is 18.1 Å². The smallest absolute Gasteiger partial charge is 0.339 e. The van der Waals surface area contributed by atoms with Crippen molar-refractivity contribution in [3.63, 3.8) is 0 Å². The largest absolute Gasteiger partial charge is 0.481 e. The number of nitrogens with one attached hydrogen (secondary N) is 1. The minimum absolute atomic E-state index is 0.114. The van der Waals surface area contributed by atoms with E-state index >= 15 is 0 Å². The molecule has 1 aliphatic carbocycles. The van der Waals surface area contributed by atoms with Gasteiger partial charge in [-0.15, -0.1) is 0 Å². The van der Waals surface area contributed by atoms with Gasteiger partial charge in [0, 0.05) is 12.2 Å². The minimum Gasteiger partial charge on any atom is -0.481 e. The Bertz CT molecular complexity index is 501. The zero-order chi connectivity index (χ0) is 15.2. The fraction of sp³-hybridized carbons (Fsp3) is 0.533. The number of aliphatic carboxylic acids is 1. The number of carbonyl (C=O) groups excluding carboxylic acids is 1. The molecule has 2 unspecified atom stereocenters. The summed E-state index contributed by atoms with van der Waals surface area (Å²) < 4.78 is 4.89. The number of hydrogen-bond acceptors (Lipinski definition) is 5. The van der Waals surface area contributed by atoms with Crippen molar-refractivity contribution in [2.75, 3.05) is 11.9 Å². The lowest BCUT2D eigenvalue weighted by Gasteiger charge is -2.29. The number of pyridine rings is 1. The summed E-state index contributed by atoms with van der Waals surface area (Å²) in [4.78, 5) is 26.9. The van der Waals surface area contributed by atoms with Crippen LogP contribution in [0.3, 0.4) is 0 Å². The van der Waals surface area contributed by atoms with E-state index in [1.54, 1.807) is 19.1 Å². The summed E-state index contributed by atoms with van der Waals surface area (Å²) >= 11 is 0. The highest BCUT2D eigenvalue weighted by molar-refractivity contribution is 5.89. The zero-order valence-corrected chi connectivity index (χ0v) is 12.0. The van der Waals surface area contributed by atoms with E-state index in [0.29, 0.717) is 24.4 Å². The van der Waals surface area contributed by atoms with Crippen LogP contribution in [0.2, 0.25) is 0 Å². The van der Waals surface area contributed by atoms with E-state index in [-0.39, 0.29) is 12.0 Å². The van der Waals surface area contributed by atoms with E-state index in [4.69, 9.17) is 4.74 Å². The van der Waals surface area contributed by atoms with Gasteiger partial charge in [0.15, 0.2) is 0 Å². The Balaban J connectivity index is 2.02. The van der Waals surface area contributed by atoms with Crippen LogP contribution in [0.5, 0.6) is 0 Å². The molecule has 0 aliphatic heterocycles. The topological polar surface area (TPSA) is 88.5 Å². The third-order valence-electron chi connectivity index (χ3n) is 3.69. The van der Waals surface area contributed by atoms with E-state index in [1.807, 2.05) is 0 Å². The summed E-state index contributed by atoms with van der Waals surface area (Å²) in [7, 11) is 0. The normalized spacial score (nSPS) is 21.6. The number of carboxylic acids is 1. The summed E-state index contributed by atoms with van der Waals surface area (Å²) in [5.41, 5.74) is 0.390. The number of ether oxygens (including phenoxy) is 1. The number of nitrogens with zero attached hydrogens (tertiary/aromatic N) is 1. The van der Waals surface area contributed by atoms with Crippen molar-refractivity contribution in [3.05, 3.63) is 23.9 Å². The van der Waals surface area contributed by atoms with Crippen molar-refractivity contribution < 1.29 is 19.4 Å². The SMILES string of the molecule is CCOC(=O)c1ccc(NC2CCCCC2C(=O)O)nc1. The molecule has 2 rings (SSSR count). The number of carbonyl (C=O) groups is 2. The fourth-order valence-electron chi connectivity index (χ4n) is 2.60. The van der Waals surface area contributed by atoms with Crippen LogP contribution in [0, 0.1) is 5.92 Å². The number of hydrogen-bond donors (Lipinski definition) is 2. The van der Waals surface area contributed by atoms with E-state index in [2.05, 4.69) is 10.3 Å². The zero-order valence-electron chi connectivity index (χ0n) is 12.0. The lowest BCUT2D eigenvalue weighted by Crippen LogP contribution is -2.37. The third kappa shape index (κ3) is 3.93. The van der Waals surface area contributed by atoms with Crippen molar-refractivity contribution in [1.29, 1.82) is 0 Å². The maximum Gasteiger partial charge on any atom is 0.339 e. The lowest BCUT2D eigenvalue weighted by molar-refractivity contribution is -0.143. The van der Waals surface area contributed by atoms with Gasteiger partial charge in [-0.3, -0.25) is 4.79 Å². The van der Waals surface area contributed by atoms with Crippen LogP contribution in [-0.4, -0.2) is 34.7 Å². The van der Waals surface area contributed by atoms with Crippen LogP contribution in [0.1, 0.15) is 43.0 Å². The van der Waals surface area contributed by atoms with Gasteiger partial charge in [-0.05, 0) is 31.9 Å². The van der Waals surface area contributed by atoms with Gasteiger partial charge in [0.1, 0.15) is 5.82 Å². The van der Waals surface area contributed by atoms with E-state index in [0.717, 1.165) is 19.3 Å². The first kappa shape index (κ1) is 15.3. The molecule has 0 spiro atoms. The van der Waals surface area contributed by atoms with Crippen molar-refractivity contribution in [2.24, 2.45) is 5.92 Å². The van der Waals surface area contributed by atoms with Crippen LogP contribution in [-0.2, 0) is 9.53 Å². The first-order valence-electron chi connectivity index (χ1n) is 7.24. The van der Waals surface area contributed by atoms with Gasteiger partial charge in [-0.25, -0.2) is 9.78 Å². The molecule has 0 aromatic carbocycles. The monoisotopic (exact) mass is 292 g/mol. The number of esters is 1. The molecular weight excluding hydrogens is 272 g/mol. The Hall–Kier alpha value is -2.11. The molecule has 0 radical (unpaired) electrons. The van der Waals surface area contributed by atoms with Gasteiger partial charge in [0.25, 0.3) is 0 Å². The second kappa shape index (κ2) is 7.06. The number of anilines is 1.